The van der Waals surface area contributed by atoms with Crippen LogP contribution in [0.5, 0.6) is 0 Å². The second-order valence-corrected chi connectivity index (χ2v) is 8.22. The summed E-state index contributed by atoms with van der Waals surface area (Å²) < 4.78 is 43.9. The van der Waals surface area contributed by atoms with E-state index < -0.39 is 11.7 Å². The minimum Gasteiger partial charge on any atom is -0.500 e. The SMILES string of the molecule is COC1=C(c2c(C)cc(C)cc2C)C(=O)CC1CCNc1ncc(C(F)(F)F)cc1Cl. The van der Waals surface area contributed by atoms with Gasteiger partial charge in [0, 0.05) is 25.1 Å². The van der Waals surface area contributed by atoms with Gasteiger partial charge in [-0.3, -0.25) is 4.79 Å². The summed E-state index contributed by atoms with van der Waals surface area (Å²) in [5.41, 5.74) is 3.81. The van der Waals surface area contributed by atoms with Crippen molar-refractivity contribution in [2.45, 2.75) is 39.8 Å². The fourth-order valence-electron chi connectivity index (χ4n) is 4.19. The second-order valence-electron chi connectivity index (χ2n) is 7.81. The number of benzene rings is 1. The van der Waals surface area contributed by atoms with E-state index in [1.165, 1.54) is 0 Å². The Morgan fingerprint density at radius 2 is 1.84 bits per heavy atom. The minimum absolute atomic E-state index is 0.0302. The molecule has 1 heterocycles. The Kier molecular flexibility index (Phi) is 6.65. The fourth-order valence-corrected chi connectivity index (χ4v) is 4.42. The lowest BCUT2D eigenvalue weighted by molar-refractivity contribution is -0.137. The number of halogens is 4. The number of pyridine rings is 1. The van der Waals surface area contributed by atoms with E-state index in [0.717, 1.165) is 34.5 Å². The molecule has 2 aromatic rings. The van der Waals surface area contributed by atoms with Gasteiger partial charge in [0.2, 0.25) is 0 Å². The number of aryl methyl sites for hydroxylation is 3. The molecular formula is C23H24ClF3N2O2. The number of Topliss-reactive ketones (excluding diaryl/α,β-unsaturated/α-hetero) is 1. The molecule has 8 heteroatoms. The number of ether oxygens (including phenoxy) is 1. The third kappa shape index (κ3) is 4.87. The lowest BCUT2D eigenvalue weighted by Crippen LogP contribution is -2.12. The monoisotopic (exact) mass is 452 g/mol. The van der Waals surface area contributed by atoms with Gasteiger partial charge in [-0.25, -0.2) is 4.98 Å². The van der Waals surface area contributed by atoms with Gasteiger partial charge in [-0.05, 0) is 49.9 Å². The molecule has 0 bridgehead atoms. The van der Waals surface area contributed by atoms with E-state index in [4.69, 9.17) is 16.3 Å². The Morgan fingerprint density at radius 1 is 1.19 bits per heavy atom. The van der Waals surface area contributed by atoms with Gasteiger partial charge in [-0.1, -0.05) is 29.3 Å². The number of nitrogens with zero attached hydrogens (tertiary/aromatic N) is 1. The third-order valence-corrected chi connectivity index (χ3v) is 5.72. The Labute approximate surface area is 184 Å². The van der Waals surface area contributed by atoms with Crippen LogP contribution in [0.4, 0.5) is 19.0 Å². The molecule has 0 saturated heterocycles. The number of carbonyl (C=O) groups excluding carboxylic acids is 1. The van der Waals surface area contributed by atoms with Crippen molar-refractivity contribution in [3.05, 3.63) is 63.0 Å². The van der Waals surface area contributed by atoms with Crippen LogP contribution in [0.3, 0.4) is 0 Å². The minimum atomic E-state index is -4.50. The molecule has 1 aliphatic carbocycles. The molecule has 1 aliphatic rings. The maximum absolute atomic E-state index is 12.9. The molecule has 1 aromatic heterocycles. The lowest BCUT2D eigenvalue weighted by atomic mass is 9.92. The predicted octanol–water partition coefficient (Wildman–Crippen LogP) is 6.13. The van der Waals surface area contributed by atoms with Crippen molar-refractivity contribution in [3.8, 4) is 0 Å². The Balaban J connectivity index is 1.77. The van der Waals surface area contributed by atoms with Crippen molar-refractivity contribution in [1.29, 1.82) is 0 Å². The fraction of sp³-hybridized carbons (Fsp3) is 0.391. The van der Waals surface area contributed by atoms with E-state index in [9.17, 15) is 18.0 Å². The number of ketones is 1. The lowest BCUT2D eigenvalue weighted by Gasteiger charge is -2.17. The first kappa shape index (κ1) is 23.1. The maximum Gasteiger partial charge on any atom is 0.417 e. The van der Waals surface area contributed by atoms with Crippen molar-refractivity contribution in [1.82, 2.24) is 4.98 Å². The molecular weight excluding hydrogens is 429 g/mol. The predicted molar refractivity (Wildman–Crippen MR) is 115 cm³/mol. The standard InChI is InChI=1S/C23H24ClF3N2O2/c1-12-7-13(2)19(14(3)8-12)20-18(30)9-15(21(20)31-4)5-6-28-22-17(24)10-16(11-29-22)23(25,26)27/h7-8,10-11,15H,5-6,9H2,1-4H3,(H,28,29). The summed E-state index contributed by atoms with van der Waals surface area (Å²) in [5.74, 6) is 0.719. The van der Waals surface area contributed by atoms with Crippen LogP contribution >= 0.6 is 11.6 Å². The van der Waals surface area contributed by atoms with Gasteiger partial charge < -0.3 is 10.1 Å². The van der Waals surface area contributed by atoms with Crippen LogP contribution in [-0.4, -0.2) is 24.4 Å². The van der Waals surface area contributed by atoms with E-state index >= 15 is 0 Å². The molecule has 0 amide bonds. The number of nitrogens with one attached hydrogen (secondary N) is 1. The van der Waals surface area contributed by atoms with Crippen molar-refractivity contribution in [2.75, 3.05) is 19.0 Å². The van der Waals surface area contributed by atoms with Gasteiger partial charge in [0.1, 0.15) is 11.6 Å². The smallest absolute Gasteiger partial charge is 0.417 e. The van der Waals surface area contributed by atoms with Crippen LogP contribution in [-0.2, 0) is 15.7 Å². The number of allylic oxidation sites excluding steroid dienone is 2. The molecule has 0 aliphatic heterocycles. The first-order valence-corrected chi connectivity index (χ1v) is 10.3. The topological polar surface area (TPSA) is 51.2 Å². The normalized spacial score (nSPS) is 16.8. The Hall–Kier alpha value is -2.54. The highest BCUT2D eigenvalue weighted by atomic mass is 35.5. The highest BCUT2D eigenvalue weighted by Crippen LogP contribution is 2.40. The highest BCUT2D eigenvalue weighted by Gasteiger charge is 2.35. The summed E-state index contributed by atoms with van der Waals surface area (Å²) in [5, 5.41) is 2.86. The molecule has 0 spiro atoms. The molecule has 1 N–H and O–H groups in total. The molecule has 4 nitrogen and oxygen atoms in total. The van der Waals surface area contributed by atoms with Crippen LogP contribution in [0.15, 0.2) is 30.2 Å². The Morgan fingerprint density at radius 3 is 2.39 bits per heavy atom. The summed E-state index contributed by atoms with van der Waals surface area (Å²) >= 11 is 5.95. The molecule has 1 aromatic carbocycles. The van der Waals surface area contributed by atoms with Gasteiger partial charge in [0.15, 0.2) is 5.78 Å². The molecule has 166 valence electrons. The third-order valence-electron chi connectivity index (χ3n) is 5.43. The maximum atomic E-state index is 12.9. The number of rotatable bonds is 6. The largest absolute Gasteiger partial charge is 0.500 e. The highest BCUT2D eigenvalue weighted by molar-refractivity contribution is 6.33. The van der Waals surface area contributed by atoms with Crippen LogP contribution in [0, 0.1) is 26.7 Å². The summed E-state index contributed by atoms with van der Waals surface area (Å²) in [4.78, 5) is 16.6. The van der Waals surface area contributed by atoms with E-state index in [0.29, 0.717) is 30.7 Å². The molecule has 1 atom stereocenters. The number of aromatic nitrogens is 1. The van der Waals surface area contributed by atoms with Crippen molar-refractivity contribution < 1.29 is 22.7 Å². The molecule has 31 heavy (non-hydrogen) atoms. The molecule has 0 radical (unpaired) electrons. The van der Waals surface area contributed by atoms with Crippen LogP contribution in [0.1, 0.15) is 40.7 Å². The molecule has 3 rings (SSSR count). The first-order chi connectivity index (χ1) is 14.5. The van der Waals surface area contributed by atoms with Gasteiger partial charge >= 0.3 is 6.18 Å². The number of anilines is 1. The van der Waals surface area contributed by atoms with Gasteiger partial charge in [0.25, 0.3) is 0 Å². The summed E-state index contributed by atoms with van der Waals surface area (Å²) in [6.07, 6.45) is -2.89. The number of hydrogen-bond acceptors (Lipinski definition) is 4. The summed E-state index contributed by atoms with van der Waals surface area (Å²) in [6, 6.07) is 4.93. The number of carbonyl (C=O) groups is 1. The number of methoxy groups -OCH3 is 1. The van der Waals surface area contributed by atoms with Crippen molar-refractivity contribution in [2.24, 2.45) is 5.92 Å². The second kappa shape index (κ2) is 8.91. The van der Waals surface area contributed by atoms with E-state index in [1.807, 2.05) is 32.9 Å². The van der Waals surface area contributed by atoms with Crippen LogP contribution in [0.2, 0.25) is 5.02 Å². The average molecular weight is 453 g/mol. The van der Waals surface area contributed by atoms with Crippen molar-refractivity contribution >= 4 is 28.8 Å². The van der Waals surface area contributed by atoms with Gasteiger partial charge in [-0.15, -0.1) is 0 Å². The quantitative estimate of drug-likeness (QED) is 0.573. The first-order valence-electron chi connectivity index (χ1n) is 9.89. The van der Waals surface area contributed by atoms with Crippen LogP contribution < -0.4 is 5.32 Å². The zero-order valence-corrected chi connectivity index (χ0v) is 18.5. The zero-order valence-electron chi connectivity index (χ0n) is 17.8. The molecule has 1 unspecified atom stereocenters. The molecule has 0 fully saturated rings. The number of hydrogen-bond donors (Lipinski definition) is 1. The summed E-state index contributed by atoms with van der Waals surface area (Å²) in [7, 11) is 1.56. The van der Waals surface area contributed by atoms with Gasteiger partial charge in [-0.2, -0.15) is 13.2 Å². The van der Waals surface area contributed by atoms with E-state index in [2.05, 4.69) is 10.3 Å². The summed E-state index contributed by atoms with van der Waals surface area (Å²) in [6.45, 7) is 6.36. The van der Waals surface area contributed by atoms with Gasteiger partial charge in [0.05, 0.1) is 23.3 Å². The van der Waals surface area contributed by atoms with Crippen molar-refractivity contribution in [3.63, 3.8) is 0 Å². The Bertz CT molecular complexity index is 1020. The van der Waals surface area contributed by atoms with Crippen LogP contribution in [0.25, 0.3) is 5.57 Å². The zero-order chi connectivity index (χ0) is 22.9. The molecule has 0 saturated carbocycles. The van der Waals surface area contributed by atoms with E-state index in [-0.39, 0.29) is 22.5 Å². The average Bonchev–Trinajstić information content (AvgIpc) is 2.96. The van der Waals surface area contributed by atoms with E-state index in [1.54, 1.807) is 7.11 Å². The number of alkyl halides is 3.